The lowest BCUT2D eigenvalue weighted by Crippen LogP contribution is -2.26. The van der Waals surface area contributed by atoms with E-state index in [1.807, 2.05) is 0 Å². The maximum absolute atomic E-state index is 13.7. The highest BCUT2D eigenvalue weighted by molar-refractivity contribution is 6.33. The van der Waals surface area contributed by atoms with Gasteiger partial charge in [0.1, 0.15) is 5.82 Å². The number of hydrogen-bond donors (Lipinski definition) is 1. The molecule has 2 rings (SSSR count). The van der Waals surface area contributed by atoms with Crippen LogP contribution in [0.5, 0.6) is 0 Å². The summed E-state index contributed by atoms with van der Waals surface area (Å²) in [5.41, 5.74) is 0.649. The van der Waals surface area contributed by atoms with E-state index in [4.69, 9.17) is 11.6 Å². The molecule has 19 heavy (non-hydrogen) atoms. The molecule has 1 aromatic carbocycles. The number of hydrogen-bond acceptors (Lipinski definition) is 2. The number of benzene rings is 1. The van der Waals surface area contributed by atoms with Gasteiger partial charge in [0.15, 0.2) is 0 Å². The van der Waals surface area contributed by atoms with Crippen LogP contribution in [-0.4, -0.2) is 30.3 Å². The first-order valence-corrected chi connectivity index (χ1v) is 6.26. The molecule has 4 nitrogen and oxygen atoms in total. The minimum absolute atomic E-state index is 0.0285. The van der Waals surface area contributed by atoms with Crippen molar-refractivity contribution >= 4 is 29.1 Å². The molecule has 1 aliphatic heterocycles. The summed E-state index contributed by atoms with van der Waals surface area (Å²) in [4.78, 5) is 24.8. The van der Waals surface area contributed by atoms with Gasteiger partial charge in [-0.1, -0.05) is 11.6 Å². The van der Waals surface area contributed by atoms with Gasteiger partial charge in [-0.3, -0.25) is 9.59 Å². The number of amides is 2. The van der Waals surface area contributed by atoms with Gasteiger partial charge in [-0.15, -0.1) is 0 Å². The molecule has 1 aliphatic rings. The smallest absolute Gasteiger partial charge is 0.229 e. The van der Waals surface area contributed by atoms with E-state index in [9.17, 15) is 14.0 Å². The highest BCUT2D eigenvalue weighted by atomic mass is 35.5. The first-order chi connectivity index (χ1) is 8.88. The minimum Gasteiger partial charge on any atom is -0.345 e. The lowest BCUT2D eigenvalue weighted by Gasteiger charge is -2.13. The Labute approximate surface area is 115 Å². The van der Waals surface area contributed by atoms with Crippen LogP contribution in [-0.2, 0) is 9.59 Å². The van der Waals surface area contributed by atoms with Crippen molar-refractivity contribution in [3.63, 3.8) is 0 Å². The molecular weight excluding hydrogens is 271 g/mol. The molecule has 1 heterocycles. The molecule has 0 saturated carbocycles. The highest BCUT2D eigenvalue weighted by Gasteiger charge is 2.32. The maximum Gasteiger partial charge on any atom is 0.229 e. The van der Waals surface area contributed by atoms with Crippen LogP contribution in [0.4, 0.5) is 10.1 Å². The van der Waals surface area contributed by atoms with Crippen molar-refractivity contribution < 1.29 is 14.0 Å². The number of aryl methyl sites for hydroxylation is 1. The molecular formula is C13H14ClFN2O2. The zero-order valence-corrected chi connectivity index (χ0v) is 11.4. The standard InChI is InChI=1S/C13H14ClFN2O2/c1-7-3-9(14)12(10(15)4-7)16-13(19)8-5-11(18)17(2)6-8/h3-4,8H,5-6H2,1-2H3,(H,16,19). The van der Waals surface area contributed by atoms with Gasteiger partial charge in [-0.2, -0.15) is 0 Å². The van der Waals surface area contributed by atoms with Crippen molar-refractivity contribution in [3.8, 4) is 0 Å². The Morgan fingerprint density at radius 2 is 2.21 bits per heavy atom. The Balaban J connectivity index is 2.14. The number of carbonyl (C=O) groups excluding carboxylic acids is 2. The quantitative estimate of drug-likeness (QED) is 0.905. The second kappa shape index (κ2) is 5.17. The molecule has 0 radical (unpaired) electrons. The SMILES string of the molecule is Cc1cc(F)c(NC(=O)C2CC(=O)N(C)C2)c(Cl)c1. The monoisotopic (exact) mass is 284 g/mol. The summed E-state index contributed by atoms with van der Waals surface area (Å²) in [6.45, 7) is 2.06. The van der Waals surface area contributed by atoms with Crippen LogP contribution in [0.15, 0.2) is 12.1 Å². The average molecular weight is 285 g/mol. The number of nitrogens with zero attached hydrogens (tertiary/aromatic N) is 1. The molecule has 1 atom stereocenters. The van der Waals surface area contributed by atoms with Crippen LogP contribution in [0.3, 0.4) is 0 Å². The van der Waals surface area contributed by atoms with E-state index >= 15 is 0 Å². The molecule has 0 aliphatic carbocycles. The van der Waals surface area contributed by atoms with Gasteiger partial charge in [0.05, 0.1) is 16.6 Å². The second-order valence-corrected chi connectivity index (χ2v) is 5.18. The van der Waals surface area contributed by atoms with Crippen molar-refractivity contribution in [1.82, 2.24) is 4.90 Å². The van der Waals surface area contributed by atoms with Crippen LogP contribution < -0.4 is 5.32 Å². The molecule has 2 amide bonds. The van der Waals surface area contributed by atoms with Crippen LogP contribution in [0.2, 0.25) is 5.02 Å². The van der Waals surface area contributed by atoms with E-state index in [-0.39, 0.29) is 28.9 Å². The van der Waals surface area contributed by atoms with Crippen molar-refractivity contribution in [2.24, 2.45) is 5.92 Å². The first-order valence-electron chi connectivity index (χ1n) is 5.89. The summed E-state index contributed by atoms with van der Waals surface area (Å²) in [5.74, 6) is -1.51. The molecule has 1 N–H and O–H groups in total. The van der Waals surface area contributed by atoms with Gasteiger partial charge >= 0.3 is 0 Å². The zero-order chi connectivity index (χ0) is 14.2. The fourth-order valence-electron chi connectivity index (χ4n) is 2.08. The van der Waals surface area contributed by atoms with E-state index in [1.165, 1.54) is 11.0 Å². The Kier molecular flexibility index (Phi) is 3.75. The van der Waals surface area contributed by atoms with E-state index in [0.29, 0.717) is 12.1 Å². The average Bonchev–Trinajstić information content (AvgIpc) is 2.64. The van der Waals surface area contributed by atoms with Gasteiger partial charge in [-0.25, -0.2) is 4.39 Å². The summed E-state index contributed by atoms with van der Waals surface area (Å²) in [7, 11) is 1.63. The van der Waals surface area contributed by atoms with Crippen LogP contribution in [0.25, 0.3) is 0 Å². The third kappa shape index (κ3) is 2.87. The molecule has 102 valence electrons. The molecule has 0 spiro atoms. The van der Waals surface area contributed by atoms with Crippen molar-refractivity contribution in [2.45, 2.75) is 13.3 Å². The Morgan fingerprint density at radius 1 is 1.53 bits per heavy atom. The Morgan fingerprint density at radius 3 is 2.74 bits per heavy atom. The molecule has 1 saturated heterocycles. The number of anilines is 1. The van der Waals surface area contributed by atoms with E-state index in [2.05, 4.69) is 5.32 Å². The van der Waals surface area contributed by atoms with Crippen molar-refractivity contribution in [1.29, 1.82) is 0 Å². The number of likely N-dealkylation sites (tertiary alicyclic amines) is 1. The van der Waals surface area contributed by atoms with Gasteiger partial charge in [0, 0.05) is 20.0 Å². The second-order valence-electron chi connectivity index (χ2n) is 4.77. The molecule has 6 heteroatoms. The molecule has 1 unspecified atom stereocenters. The molecule has 1 fully saturated rings. The summed E-state index contributed by atoms with van der Waals surface area (Å²) < 4.78 is 13.7. The van der Waals surface area contributed by atoms with Crippen LogP contribution in [0.1, 0.15) is 12.0 Å². The van der Waals surface area contributed by atoms with E-state index in [0.717, 1.165) is 0 Å². The summed E-state index contributed by atoms with van der Waals surface area (Å²) in [6, 6.07) is 2.87. The zero-order valence-electron chi connectivity index (χ0n) is 10.7. The molecule has 0 bridgehead atoms. The highest BCUT2D eigenvalue weighted by Crippen LogP contribution is 2.28. The maximum atomic E-state index is 13.7. The van der Waals surface area contributed by atoms with Crippen LogP contribution in [0, 0.1) is 18.7 Å². The van der Waals surface area contributed by atoms with E-state index in [1.54, 1.807) is 20.0 Å². The number of halogens is 2. The predicted octanol–water partition coefficient (Wildman–Crippen LogP) is 2.20. The number of nitrogens with one attached hydrogen (secondary N) is 1. The molecule has 1 aromatic rings. The van der Waals surface area contributed by atoms with Gasteiger partial charge in [-0.05, 0) is 24.6 Å². The number of rotatable bonds is 2. The predicted molar refractivity (Wildman–Crippen MR) is 70.5 cm³/mol. The van der Waals surface area contributed by atoms with Crippen LogP contribution >= 0.6 is 11.6 Å². The Bertz CT molecular complexity index is 524. The van der Waals surface area contributed by atoms with Gasteiger partial charge in [0.2, 0.25) is 11.8 Å². The van der Waals surface area contributed by atoms with E-state index < -0.39 is 11.7 Å². The molecule has 0 aromatic heterocycles. The fraction of sp³-hybridized carbons (Fsp3) is 0.385. The summed E-state index contributed by atoms with van der Waals surface area (Å²) in [5, 5.41) is 2.62. The third-order valence-electron chi connectivity index (χ3n) is 3.15. The Hall–Kier alpha value is -1.62. The van der Waals surface area contributed by atoms with Gasteiger partial charge < -0.3 is 10.2 Å². The largest absolute Gasteiger partial charge is 0.345 e. The minimum atomic E-state index is -0.573. The number of carbonyl (C=O) groups is 2. The van der Waals surface area contributed by atoms with Gasteiger partial charge in [0.25, 0.3) is 0 Å². The summed E-state index contributed by atoms with van der Waals surface area (Å²) in [6.07, 6.45) is 0.146. The normalized spacial score (nSPS) is 18.8. The van der Waals surface area contributed by atoms with Crippen molar-refractivity contribution in [2.75, 3.05) is 18.9 Å². The first kappa shape index (κ1) is 13.8. The summed E-state index contributed by atoms with van der Waals surface area (Å²) >= 11 is 5.91. The van der Waals surface area contributed by atoms with Crippen molar-refractivity contribution in [3.05, 3.63) is 28.5 Å². The lowest BCUT2D eigenvalue weighted by atomic mass is 10.1. The fourth-order valence-corrected chi connectivity index (χ4v) is 2.39. The topological polar surface area (TPSA) is 49.4 Å². The third-order valence-corrected chi connectivity index (χ3v) is 3.44. The lowest BCUT2D eigenvalue weighted by molar-refractivity contribution is -0.127.